The van der Waals surface area contributed by atoms with Gasteiger partial charge in [0, 0.05) is 16.1 Å². The summed E-state index contributed by atoms with van der Waals surface area (Å²) >= 11 is 12.6. The van der Waals surface area contributed by atoms with Gasteiger partial charge in [0.05, 0.1) is 5.41 Å². The Morgan fingerprint density at radius 3 is 2.12 bits per heavy atom. The van der Waals surface area contributed by atoms with Gasteiger partial charge in [-0.15, -0.1) is 0 Å². The molecule has 0 aliphatic rings. The molecule has 25 heavy (non-hydrogen) atoms. The third-order valence-electron chi connectivity index (χ3n) is 4.60. The number of benzene rings is 2. The molecule has 3 heteroatoms. The largest absolute Gasteiger partial charge is 0.293 e. The Hall–Kier alpha value is -1.57. The molecule has 2 rings (SSSR count). The normalized spacial score (nSPS) is 14.1. The van der Waals surface area contributed by atoms with E-state index in [1.54, 1.807) is 0 Å². The van der Waals surface area contributed by atoms with E-state index >= 15 is 0 Å². The van der Waals surface area contributed by atoms with E-state index in [4.69, 9.17) is 23.2 Å². The van der Waals surface area contributed by atoms with Crippen LogP contribution in [0.3, 0.4) is 0 Å². The highest BCUT2D eigenvalue weighted by molar-refractivity contribution is 6.39. The SMILES string of the molecule is CCCCCCC(C(=O)c1ccccc1)(/C(Cl)=C/Cl)c1ccccc1. The van der Waals surface area contributed by atoms with Crippen LogP contribution in [-0.2, 0) is 5.41 Å². The summed E-state index contributed by atoms with van der Waals surface area (Å²) in [6.45, 7) is 2.17. The van der Waals surface area contributed by atoms with Crippen molar-refractivity contribution < 1.29 is 4.79 Å². The molecule has 0 radical (unpaired) electrons. The first kappa shape index (κ1) is 19.8. The zero-order valence-corrected chi connectivity index (χ0v) is 16.1. The molecular weight excluding hydrogens is 351 g/mol. The predicted octanol–water partition coefficient (Wildman–Crippen LogP) is 7.10. The van der Waals surface area contributed by atoms with Crippen LogP contribution in [0.1, 0.15) is 54.9 Å². The maximum Gasteiger partial charge on any atom is 0.178 e. The Labute approximate surface area is 160 Å². The number of Topliss-reactive ketones (excluding diaryl/α,β-unsaturated/α-hetero) is 1. The van der Waals surface area contributed by atoms with E-state index < -0.39 is 5.41 Å². The van der Waals surface area contributed by atoms with Crippen molar-refractivity contribution in [2.75, 3.05) is 0 Å². The quantitative estimate of drug-likeness (QED) is 0.338. The highest BCUT2D eigenvalue weighted by Gasteiger charge is 2.42. The van der Waals surface area contributed by atoms with Gasteiger partial charge in [-0.25, -0.2) is 0 Å². The van der Waals surface area contributed by atoms with Crippen LogP contribution < -0.4 is 0 Å². The van der Waals surface area contributed by atoms with Crippen LogP contribution in [0.2, 0.25) is 0 Å². The van der Waals surface area contributed by atoms with Gasteiger partial charge in [0.25, 0.3) is 0 Å². The Bertz CT molecular complexity index is 694. The maximum absolute atomic E-state index is 13.5. The molecule has 0 saturated heterocycles. The Morgan fingerprint density at radius 2 is 1.56 bits per heavy atom. The summed E-state index contributed by atoms with van der Waals surface area (Å²) in [4.78, 5) is 13.5. The standard InChI is InChI=1S/C22H24Cl2O/c1-2-3-4-11-16-22(20(24)17-23,19-14-9-6-10-15-19)21(25)18-12-7-5-8-13-18/h5-10,12-15,17H,2-4,11,16H2,1H3/b20-17-. The van der Waals surface area contributed by atoms with Crippen LogP contribution in [-0.4, -0.2) is 5.78 Å². The van der Waals surface area contributed by atoms with Crippen molar-refractivity contribution >= 4 is 29.0 Å². The average Bonchev–Trinajstić information content (AvgIpc) is 2.68. The van der Waals surface area contributed by atoms with Crippen molar-refractivity contribution in [3.05, 3.63) is 82.4 Å². The molecule has 0 bridgehead atoms. The molecule has 0 spiro atoms. The van der Waals surface area contributed by atoms with Gasteiger partial charge >= 0.3 is 0 Å². The van der Waals surface area contributed by atoms with Crippen molar-refractivity contribution in [2.45, 2.75) is 44.4 Å². The molecule has 0 aliphatic carbocycles. The lowest BCUT2D eigenvalue weighted by Crippen LogP contribution is -2.36. The number of hydrogen-bond donors (Lipinski definition) is 0. The van der Waals surface area contributed by atoms with E-state index in [9.17, 15) is 4.79 Å². The first-order valence-corrected chi connectivity index (χ1v) is 9.60. The molecule has 0 fully saturated rings. The summed E-state index contributed by atoms with van der Waals surface area (Å²) in [6.07, 6.45) is 4.92. The lowest BCUT2D eigenvalue weighted by atomic mass is 9.70. The van der Waals surface area contributed by atoms with E-state index in [1.165, 1.54) is 5.54 Å². The fourth-order valence-electron chi connectivity index (χ4n) is 3.22. The molecule has 2 aromatic rings. The fourth-order valence-corrected chi connectivity index (χ4v) is 3.70. The summed E-state index contributed by atoms with van der Waals surface area (Å²) in [6, 6.07) is 19.1. The lowest BCUT2D eigenvalue weighted by Gasteiger charge is -2.33. The average molecular weight is 375 g/mol. The van der Waals surface area contributed by atoms with E-state index in [1.807, 2.05) is 60.7 Å². The van der Waals surface area contributed by atoms with Crippen LogP contribution in [0.25, 0.3) is 0 Å². The minimum atomic E-state index is -0.931. The monoisotopic (exact) mass is 374 g/mol. The number of carbonyl (C=O) groups excluding carboxylic acids is 1. The van der Waals surface area contributed by atoms with Gasteiger partial charge in [-0.05, 0) is 12.0 Å². The van der Waals surface area contributed by atoms with Crippen LogP contribution in [0.15, 0.2) is 71.2 Å². The van der Waals surface area contributed by atoms with Gasteiger partial charge in [0.2, 0.25) is 0 Å². The second-order valence-corrected chi connectivity index (χ2v) is 6.86. The number of unbranched alkanes of at least 4 members (excludes halogenated alkanes) is 3. The maximum atomic E-state index is 13.5. The summed E-state index contributed by atoms with van der Waals surface area (Å²) in [7, 11) is 0. The summed E-state index contributed by atoms with van der Waals surface area (Å²) in [5.41, 5.74) is 1.95. The highest BCUT2D eigenvalue weighted by atomic mass is 35.5. The van der Waals surface area contributed by atoms with E-state index in [2.05, 4.69) is 6.92 Å². The van der Waals surface area contributed by atoms with Crippen molar-refractivity contribution in [3.63, 3.8) is 0 Å². The molecule has 0 amide bonds. The summed E-state index contributed by atoms with van der Waals surface area (Å²) in [5, 5.41) is 0.380. The summed E-state index contributed by atoms with van der Waals surface area (Å²) in [5.74, 6) is -0.00213. The fraction of sp³-hybridized carbons (Fsp3) is 0.318. The number of halogens is 2. The first-order valence-electron chi connectivity index (χ1n) is 8.78. The number of carbonyl (C=O) groups is 1. The molecule has 1 atom stereocenters. The number of rotatable bonds is 9. The molecule has 132 valence electrons. The second kappa shape index (κ2) is 9.79. The van der Waals surface area contributed by atoms with Crippen LogP contribution >= 0.6 is 23.2 Å². The predicted molar refractivity (Wildman–Crippen MR) is 107 cm³/mol. The molecule has 1 nitrogen and oxygen atoms in total. The molecular formula is C22H24Cl2O. The summed E-state index contributed by atoms with van der Waals surface area (Å²) < 4.78 is 0. The second-order valence-electron chi connectivity index (χ2n) is 6.23. The first-order chi connectivity index (χ1) is 12.2. The lowest BCUT2D eigenvalue weighted by molar-refractivity contribution is 0.0904. The smallest absolute Gasteiger partial charge is 0.178 e. The van der Waals surface area contributed by atoms with Crippen molar-refractivity contribution in [3.8, 4) is 0 Å². The van der Waals surface area contributed by atoms with Crippen LogP contribution in [0.5, 0.6) is 0 Å². The highest BCUT2D eigenvalue weighted by Crippen LogP contribution is 2.42. The zero-order chi connectivity index (χ0) is 18.1. The molecule has 2 aromatic carbocycles. The Morgan fingerprint density at radius 1 is 0.960 bits per heavy atom. The van der Waals surface area contributed by atoms with Crippen LogP contribution in [0.4, 0.5) is 0 Å². The van der Waals surface area contributed by atoms with Crippen molar-refractivity contribution in [1.82, 2.24) is 0 Å². The van der Waals surface area contributed by atoms with Gasteiger partial charge in [-0.3, -0.25) is 4.79 Å². The number of ketones is 1. The van der Waals surface area contributed by atoms with Crippen molar-refractivity contribution in [1.29, 1.82) is 0 Å². The molecule has 1 unspecified atom stereocenters. The van der Waals surface area contributed by atoms with E-state index in [0.29, 0.717) is 17.0 Å². The van der Waals surface area contributed by atoms with Gasteiger partial charge in [-0.1, -0.05) is 116 Å². The van der Waals surface area contributed by atoms with Gasteiger partial charge in [0.15, 0.2) is 5.78 Å². The zero-order valence-electron chi connectivity index (χ0n) is 14.6. The van der Waals surface area contributed by atoms with Gasteiger partial charge in [0.1, 0.15) is 0 Å². The molecule has 0 aromatic heterocycles. The molecule has 0 heterocycles. The molecule has 0 N–H and O–H groups in total. The molecule has 0 aliphatic heterocycles. The topological polar surface area (TPSA) is 17.1 Å². The van der Waals surface area contributed by atoms with Gasteiger partial charge in [-0.2, -0.15) is 0 Å². The minimum Gasteiger partial charge on any atom is -0.293 e. The Balaban J connectivity index is 2.52. The van der Waals surface area contributed by atoms with Crippen LogP contribution in [0, 0.1) is 0 Å². The minimum absolute atomic E-state index is 0.00213. The van der Waals surface area contributed by atoms with Crippen molar-refractivity contribution in [2.24, 2.45) is 0 Å². The third kappa shape index (κ3) is 4.54. The van der Waals surface area contributed by atoms with E-state index in [-0.39, 0.29) is 5.78 Å². The van der Waals surface area contributed by atoms with Gasteiger partial charge < -0.3 is 0 Å². The molecule has 0 saturated carbocycles. The Kier molecular flexibility index (Phi) is 7.74. The van der Waals surface area contributed by atoms with E-state index in [0.717, 1.165) is 31.2 Å². The third-order valence-corrected chi connectivity index (χ3v) is 5.36. The number of allylic oxidation sites excluding steroid dienone is 1. The number of hydrogen-bond acceptors (Lipinski definition) is 1.